The molecular weight excluding hydrogens is 236 g/mol. The van der Waals surface area contributed by atoms with Crippen molar-refractivity contribution in [1.82, 2.24) is 10.2 Å². The molecule has 0 spiro atoms. The van der Waals surface area contributed by atoms with Gasteiger partial charge in [0.25, 0.3) is 0 Å². The maximum absolute atomic E-state index is 12.0. The first-order valence-corrected chi connectivity index (χ1v) is 8.36. The van der Waals surface area contributed by atoms with Gasteiger partial charge in [-0.1, -0.05) is 21.6 Å². The number of nitrogens with one attached hydrogen (secondary N) is 1. The first-order valence-electron chi connectivity index (χ1n) is 4.72. The molecule has 2 saturated heterocycles. The molecule has 80 valence electrons. The van der Waals surface area contributed by atoms with Gasteiger partial charge in [-0.15, -0.1) is 11.8 Å². The maximum Gasteiger partial charge on any atom is 0.240 e. The predicted octanol–water partition coefficient (Wildman–Crippen LogP) is 0.872. The molecule has 2 aliphatic heterocycles. The number of hydrogen-bond acceptors (Lipinski definition) is 5. The van der Waals surface area contributed by atoms with E-state index in [-0.39, 0.29) is 6.04 Å². The van der Waals surface area contributed by atoms with E-state index in [4.69, 9.17) is 0 Å². The molecule has 0 saturated carbocycles. The number of carbonyl (C=O) groups is 1. The van der Waals surface area contributed by atoms with Crippen LogP contribution in [0.15, 0.2) is 0 Å². The van der Waals surface area contributed by atoms with E-state index in [1.165, 1.54) is 0 Å². The number of nitrogens with zero attached hydrogens (tertiary/aromatic N) is 1. The topological polar surface area (TPSA) is 32.3 Å². The van der Waals surface area contributed by atoms with Crippen molar-refractivity contribution in [2.24, 2.45) is 0 Å². The van der Waals surface area contributed by atoms with Crippen LogP contribution in [-0.2, 0) is 4.79 Å². The second-order valence-electron chi connectivity index (χ2n) is 3.24. The Bertz CT molecular complexity index is 201. The third-order valence-corrected chi connectivity index (χ3v) is 5.60. The minimum Gasteiger partial charge on any atom is -0.340 e. The Balaban J connectivity index is 1.88. The molecule has 6 heteroatoms. The van der Waals surface area contributed by atoms with Crippen LogP contribution in [0.1, 0.15) is 0 Å². The molecule has 0 aliphatic carbocycles. The fraction of sp³-hybridized carbons (Fsp3) is 0.875. The summed E-state index contributed by atoms with van der Waals surface area (Å²) >= 11 is 1.81. The van der Waals surface area contributed by atoms with Gasteiger partial charge in [-0.2, -0.15) is 0 Å². The Kier molecular flexibility index (Phi) is 4.34. The minimum atomic E-state index is 0.0769. The van der Waals surface area contributed by atoms with Gasteiger partial charge in [0, 0.05) is 36.2 Å². The van der Waals surface area contributed by atoms with Gasteiger partial charge in [0.1, 0.15) is 0 Å². The van der Waals surface area contributed by atoms with Crippen LogP contribution in [0.25, 0.3) is 0 Å². The van der Waals surface area contributed by atoms with Crippen LogP contribution in [0.2, 0.25) is 0 Å². The molecule has 2 rings (SSSR count). The monoisotopic (exact) mass is 250 g/mol. The average Bonchev–Trinajstić information content (AvgIpc) is 2.59. The maximum atomic E-state index is 12.0. The van der Waals surface area contributed by atoms with E-state index in [1.807, 2.05) is 38.2 Å². The molecule has 0 aromatic heterocycles. The second kappa shape index (κ2) is 5.53. The van der Waals surface area contributed by atoms with Crippen LogP contribution in [-0.4, -0.2) is 53.1 Å². The molecule has 0 bridgehead atoms. The second-order valence-corrected chi connectivity index (χ2v) is 6.97. The number of thioether (sulfide) groups is 1. The zero-order chi connectivity index (χ0) is 9.80. The molecule has 1 N–H and O–H groups in total. The van der Waals surface area contributed by atoms with Crippen molar-refractivity contribution in [2.75, 3.05) is 36.2 Å². The van der Waals surface area contributed by atoms with Crippen LogP contribution in [0.3, 0.4) is 0 Å². The van der Waals surface area contributed by atoms with Crippen molar-refractivity contribution >= 4 is 39.3 Å². The fourth-order valence-electron chi connectivity index (χ4n) is 1.52. The summed E-state index contributed by atoms with van der Waals surface area (Å²) in [5, 5.41) is 3.23. The first kappa shape index (κ1) is 11.0. The van der Waals surface area contributed by atoms with Crippen LogP contribution in [0.4, 0.5) is 0 Å². The highest BCUT2D eigenvalue weighted by molar-refractivity contribution is 8.76. The molecule has 1 unspecified atom stereocenters. The lowest BCUT2D eigenvalue weighted by atomic mass is 10.3. The van der Waals surface area contributed by atoms with Crippen LogP contribution in [0, 0.1) is 0 Å². The van der Waals surface area contributed by atoms with Crippen molar-refractivity contribution in [1.29, 1.82) is 0 Å². The molecule has 14 heavy (non-hydrogen) atoms. The van der Waals surface area contributed by atoms with Gasteiger partial charge in [-0.3, -0.25) is 10.1 Å². The standard InChI is InChI=1S/C8H14N2OS3/c11-8(7-5-12-6-9-7)10-1-3-13-14-4-2-10/h7,9H,1-6H2. The summed E-state index contributed by atoms with van der Waals surface area (Å²) in [5.41, 5.74) is 0. The lowest BCUT2D eigenvalue weighted by Gasteiger charge is -2.22. The summed E-state index contributed by atoms with van der Waals surface area (Å²) in [5.74, 6) is 4.30. The smallest absolute Gasteiger partial charge is 0.240 e. The van der Waals surface area contributed by atoms with Gasteiger partial charge in [-0.05, 0) is 0 Å². The van der Waals surface area contributed by atoms with Gasteiger partial charge < -0.3 is 4.90 Å². The molecule has 1 amide bonds. The summed E-state index contributed by atoms with van der Waals surface area (Å²) in [6.45, 7) is 1.83. The van der Waals surface area contributed by atoms with Gasteiger partial charge in [-0.25, -0.2) is 0 Å². The quantitative estimate of drug-likeness (QED) is 0.698. The summed E-state index contributed by atoms with van der Waals surface area (Å²) < 4.78 is 0. The highest BCUT2D eigenvalue weighted by Gasteiger charge is 2.27. The molecule has 2 heterocycles. The van der Waals surface area contributed by atoms with Crippen molar-refractivity contribution in [3.8, 4) is 0 Å². The summed E-state index contributed by atoms with van der Waals surface area (Å²) in [6.07, 6.45) is 0. The molecule has 0 aromatic rings. The first-order chi connectivity index (χ1) is 6.88. The van der Waals surface area contributed by atoms with Crippen molar-refractivity contribution in [3.05, 3.63) is 0 Å². The fourth-order valence-corrected chi connectivity index (χ4v) is 4.43. The highest BCUT2D eigenvalue weighted by atomic mass is 33.1. The zero-order valence-corrected chi connectivity index (χ0v) is 10.3. The van der Waals surface area contributed by atoms with Crippen molar-refractivity contribution in [3.63, 3.8) is 0 Å². The lowest BCUT2D eigenvalue weighted by molar-refractivity contribution is -0.132. The molecule has 1 atom stereocenters. The third kappa shape index (κ3) is 2.74. The molecule has 2 aliphatic rings. The van der Waals surface area contributed by atoms with E-state index in [0.29, 0.717) is 5.91 Å². The molecule has 3 nitrogen and oxygen atoms in total. The Hall–Kier alpha value is 0.480. The number of rotatable bonds is 1. The number of carbonyl (C=O) groups excluding carboxylic acids is 1. The van der Waals surface area contributed by atoms with Crippen LogP contribution in [0.5, 0.6) is 0 Å². The Morgan fingerprint density at radius 3 is 2.57 bits per heavy atom. The van der Waals surface area contributed by atoms with Gasteiger partial charge >= 0.3 is 0 Å². The normalized spacial score (nSPS) is 28.9. The lowest BCUT2D eigenvalue weighted by Crippen LogP contribution is -2.46. The Morgan fingerprint density at radius 2 is 2.00 bits per heavy atom. The zero-order valence-electron chi connectivity index (χ0n) is 7.90. The van der Waals surface area contributed by atoms with Gasteiger partial charge in [0.15, 0.2) is 0 Å². The van der Waals surface area contributed by atoms with Crippen molar-refractivity contribution in [2.45, 2.75) is 6.04 Å². The minimum absolute atomic E-state index is 0.0769. The number of hydrogen-bond donors (Lipinski definition) is 1. The van der Waals surface area contributed by atoms with Crippen LogP contribution >= 0.6 is 33.3 Å². The average molecular weight is 250 g/mol. The predicted molar refractivity (Wildman–Crippen MR) is 65.7 cm³/mol. The molecule has 2 fully saturated rings. The van der Waals surface area contributed by atoms with E-state index in [0.717, 1.165) is 36.2 Å². The van der Waals surface area contributed by atoms with E-state index in [1.54, 1.807) is 0 Å². The highest BCUT2D eigenvalue weighted by Crippen LogP contribution is 2.24. The summed E-state index contributed by atoms with van der Waals surface area (Å²) in [6, 6.07) is 0.0769. The van der Waals surface area contributed by atoms with Gasteiger partial charge in [0.2, 0.25) is 5.91 Å². The Labute approximate surface area is 96.5 Å². The van der Waals surface area contributed by atoms with Crippen molar-refractivity contribution < 1.29 is 4.79 Å². The van der Waals surface area contributed by atoms with Gasteiger partial charge in [0.05, 0.1) is 6.04 Å². The molecule has 0 radical (unpaired) electrons. The third-order valence-electron chi connectivity index (χ3n) is 2.30. The molecule has 0 aromatic carbocycles. The molecular formula is C8H14N2OS3. The van der Waals surface area contributed by atoms with Crippen LogP contribution < -0.4 is 5.32 Å². The van der Waals surface area contributed by atoms with E-state index >= 15 is 0 Å². The summed E-state index contributed by atoms with van der Waals surface area (Å²) in [7, 11) is 3.75. The SMILES string of the molecule is O=C(C1CSCN1)N1CCSSCC1. The van der Waals surface area contributed by atoms with E-state index < -0.39 is 0 Å². The van der Waals surface area contributed by atoms with E-state index in [2.05, 4.69) is 5.32 Å². The largest absolute Gasteiger partial charge is 0.340 e. The Morgan fingerprint density at radius 1 is 1.29 bits per heavy atom. The summed E-state index contributed by atoms with van der Waals surface area (Å²) in [4.78, 5) is 14.0. The van der Waals surface area contributed by atoms with E-state index in [9.17, 15) is 4.79 Å². The number of amides is 1.